The van der Waals surface area contributed by atoms with Crippen molar-refractivity contribution in [2.24, 2.45) is 0 Å². The van der Waals surface area contributed by atoms with Crippen molar-refractivity contribution in [1.82, 2.24) is 24.6 Å². The Morgan fingerprint density at radius 2 is 2.00 bits per heavy atom. The van der Waals surface area contributed by atoms with E-state index in [0.29, 0.717) is 42.4 Å². The standard InChI is InChI=1S/C25H24FIN6O2/c1-16-14-31(21-13-22(35-2)19(27)12-18(21)26)10-11-32(16)23(34)15-33-25-17(6-5-9-29-25)24(30-33)20-7-3-4-8-28-20/h3-9,12-13,16H,10-11,14-15H2,1-2H3. The number of aromatic nitrogens is 4. The molecule has 1 unspecified atom stereocenters. The van der Waals surface area contributed by atoms with Gasteiger partial charge in [-0.2, -0.15) is 5.10 Å². The van der Waals surface area contributed by atoms with Crippen LogP contribution in [0.5, 0.6) is 5.75 Å². The molecule has 1 fully saturated rings. The Bertz CT molecular complexity index is 1380. The van der Waals surface area contributed by atoms with Crippen LogP contribution in [0.25, 0.3) is 22.4 Å². The van der Waals surface area contributed by atoms with E-state index in [0.717, 1.165) is 14.7 Å². The number of fused-ring (bicyclic) bond motifs is 1. The Kier molecular flexibility index (Phi) is 6.54. The fourth-order valence-corrected chi connectivity index (χ4v) is 5.14. The summed E-state index contributed by atoms with van der Waals surface area (Å²) in [4.78, 5) is 26.0. The maximum absolute atomic E-state index is 14.7. The van der Waals surface area contributed by atoms with Gasteiger partial charge in [-0.1, -0.05) is 6.07 Å². The smallest absolute Gasteiger partial charge is 0.244 e. The molecule has 0 radical (unpaired) electrons. The number of hydrogen-bond acceptors (Lipinski definition) is 6. The SMILES string of the molecule is COc1cc(N2CCN(C(=O)Cn3nc(-c4ccccn4)c4cccnc43)C(C)C2)c(F)cc1I. The number of anilines is 1. The molecule has 1 aliphatic heterocycles. The first-order valence-corrected chi connectivity index (χ1v) is 12.3. The lowest BCUT2D eigenvalue weighted by Gasteiger charge is -2.41. The quantitative estimate of drug-likeness (QED) is 0.330. The van der Waals surface area contributed by atoms with E-state index in [2.05, 4.69) is 32.6 Å². The van der Waals surface area contributed by atoms with Crippen LogP contribution in [0.3, 0.4) is 0 Å². The van der Waals surface area contributed by atoms with E-state index >= 15 is 0 Å². The third-order valence-electron chi connectivity index (χ3n) is 6.21. The molecular weight excluding hydrogens is 562 g/mol. The molecule has 1 aliphatic rings. The van der Waals surface area contributed by atoms with Gasteiger partial charge >= 0.3 is 0 Å². The summed E-state index contributed by atoms with van der Waals surface area (Å²) in [5.41, 5.74) is 2.56. The number of amides is 1. The maximum Gasteiger partial charge on any atom is 0.244 e. The predicted octanol–water partition coefficient (Wildman–Crippen LogP) is 3.98. The Hall–Kier alpha value is -3.28. The molecule has 4 heterocycles. The van der Waals surface area contributed by atoms with Crippen LogP contribution in [-0.2, 0) is 11.3 Å². The summed E-state index contributed by atoms with van der Waals surface area (Å²) in [5, 5.41) is 5.54. The molecule has 0 spiro atoms. The summed E-state index contributed by atoms with van der Waals surface area (Å²) in [6, 6.07) is 12.5. The van der Waals surface area contributed by atoms with Crippen LogP contribution in [0, 0.1) is 9.39 Å². The first kappa shape index (κ1) is 23.5. The third-order valence-corrected chi connectivity index (χ3v) is 7.05. The number of ether oxygens (including phenoxy) is 1. The number of methoxy groups -OCH3 is 1. The molecule has 8 nitrogen and oxygen atoms in total. The van der Waals surface area contributed by atoms with Gasteiger partial charge in [0.15, 0.2) is 5.65 Å². The molecule has 0 bridgehead atoms. The number of carbonyl (C=O) groups excluding carboxylic acids is 1. The minimum Gasteiger partial charge on any atom is -0.496 e. The van der Waals surface area contributed by atoms with E-state index < -0.39 is 0 Å². The van der Waals surface area contributed by atoms with Gasteiger partial charge in [-0.3, -0.25) is 9.78 Å². The molecule has 3 aromatic heterocycles. The Labute approximate surface area is 215 Å². The lowest BCUT2D eigenvalue weighted by molar-refractivity contribution is -0.134. The number of rotatable bonds is 5. The number of carbonyl (C=O) groups is 1. The fraction of sp³-hybridized carbons (Fsp3) is 0.280. The molecule has 1 atom stereocenters. The first-order valence-electron chi connectivity index (χ1n) is 11.3. The van der Waals surface area contributed by atoms with E-state index in [1.807, 2.05) is 47.1 Å². The Morgan fingerprint density at radius 3 is 2.74 bits per heavy atom. The van der Waals surface area contributed by atoms with Crippen LogP contribution in [-0.4, -0.2) is 63.3 Å². The van der Waals surface area contributed by atoms with E-state index in [9.17, 15) is 9.18 Å². The Balaban J connectivity index is 1.35. The number of halogens is 2. The first-order chi connectivity index (χ1) is 17.0. The minimum atomic E-state index is -0.293. The lowest BCUT2D eigenvalue weighted by atomic mass is 10.1. The molecule has 0 saturated carbocycles. The van der Waals surface area contributed by atoms with Crippen molar-refractivity contribution in [1.29, 1.82) is 0 Å². The minimum absolute atomic E-state index is 0.0552. The molecule has 35 heavy (non-hydrogen) atoms. The zero-order valence-corrected chi connectivity index (χ0v) is 21.5. The highest BCUT2D eigenvalue weighted by atomic mass is 127. The summed E-state index contributed by atoms with van der Waals surface area (Å²) < 4.78 is 22.4. The largest absolute Gasteiger partial charge is 0.496 e. The normalized spacial score (nSPS) is 16.1. The molecule has 4 aromatic rings. The van der Waals surface area contributed by atoms with E-state index in [1.165, 1.54) is 6.07 Å². The molecular formula is C25H24FIN6O2. The molecule has 0 N–H and O–H groups in total. The summed E-state index contributed by atoms with van der Waals surface area (Å²) in [6.07, 6.45) is 3.41. The van der Waals surface area contributed by atoms with Crippen LogP contribution >= 0.6 is 22.6 Å². The molecule has 1 saturated heterocycles. The van der Waals surface area contributed by atoms with Crippen LogP contribution < -0.4 is 9.64 Å². The summed E-state index contributed by atoms with van der Waals surface area (Å²) in [6.45, 7) is 3.56. The highest BCUT2D eigenvalue weighted by Crippen LogP contribution is 2.31. The summed E-state index contributed by atoms with van der Waals surface area (Å²) in [7, 11) is 1.57. The second-order valence-electron chi connectivity index (χ2n) is 8.42. The van der Waals surface area contributed by atoms with E-state index in [-0.39, 0.29) is 24.3 Å². The molecule has 180 valence electrons. The van der Waals surface area contributed by atoms with Gasteiger partial charge in [0.25, 0.3) is 0 Å². The monoisotopic (exact) mass is 586 g/mol. The second kappa shape index (κ2) is 9.76. The number of piperazine rings is 1. The average molecular weight is 586 g/mol. The van der Waals surface area contributed by atoms with Crippen molar-refractivity contribution in [2.45, 2.75) is 19.5 Å². The number of hydrogen-bond donors (Lipinski definition) is 0. The van der Waals surface area contributed by atoms with Crippen molar-refractivity contribution < 1.29 is 13.9 Å². The molecule has 1 aromatic carbocycles. The van der Waals surface area contributed by atoms with Gasteiger partial charge in [0.1, 0.15) is 23.8 Å². The molecule has 5 rings (SSSR count). The lowest BCUT2D eigenvalue weighted by Crippen LogP contribution is -2.55. The van der Waals surface area contributed by atoms with Gasteiger partial charge in [0, 0.05) is 49.5 Å². The van der Waals surface area contributed by atoms with Crippen LogP contribution in [0.15, 0.2) is 54.9 Å². The van der Waals surface area contributed by atoms with Crippen molar-refractivity contribution in [2.75, 3.05) is 31.6 Å². The maximum atomic E-state index is 14.7. The number of pyridine rings is 2. The molecule has 10 heteroatoms. The fourth-order valence-electron chi connectivity index (χ4n) is 4.49. The molecule has 1 amide bonds. The van der Waals surface area contributed by atoms with Crippen molar-refractivity contribution in [3.63, 3.8) is 0 Å². The van der Waals surface area contributed by atoms with E-state index in [1.54, 1.807) is 30.3 Å². The van der Waals surface area contributed by atoms with Crippen molar-refractivity contribution in [3.05, 3.63) is 64.2 Å². The van der Waals surface area contributed by atoms with Crippen molar-refractivity contribution in [3.8, 4) is 17.1 Å². The van der Waals surface area contributed by atoms with E-state index in [4.69, 9.17) is 9.84 Å². The van der Waals surface area contributed by atoms with Crippen molar-refractivity contribution >= 4 is 45.2 Å². The predicted molar refractivity (Wildman–Crippen MR) is 140 cm³/mol. The zero-order chi connectivity index (χ0) is 24.5. The van der Waals surface area contributed by atoms with Gasteiger partial charge in [-0.15, -0.1) is 0 Å². The summed E-state index contributed by atoms with van der Waals surface area (Å²) >= 11 is 2.06. The Morgan fingerprint density at radius 1 is 1.17 bits per heavy atom. The van der Waals surface area contributed by atoms with Crippen LogP contribution in [0.1, 0.15) is 6.92 Å². The highest BCUT2D eigenvalue weighted by molar-refractivity contribution is 14.1. The molecule has 0 aliphatic carbocycles. The third kappa shape index (κ3) is 4.54. The van der Waals surface area contributed by atoms with Gasteiger partial charge in [-0.05, 0) is 59.8 Å². The average Bonchev–Trinajstić information content (AvgIpc) is 3.23. The number of benzene rings is 1. The summed E-state index contributed by atoms with van der Waals surface area (Å²) in [5.74, 6) is 0.286. The van der Waals surface area contributed by atoms with Crippen LogP contribution in [0.4, 0.5) is 10.1 Å². The van der Waals surface area contributed by atoms with Crippen LogP contribution in [0.2, 0.25) is 0 Å². The second-order valence-corrected chi connectivity index (χ2v) is 9.58. The highest BCUT2D eigenvalue weighted by Gasteiger charge is 2.30. The van der Waals surface area contributed by atoms with Gasteiger partial charge in [0.05, 0.1) is 22.1 Å². The topological polar surface area (TPSA) is 76.4 Å². The van der Waals surface area contributed by atoms with Gasteiger partial charge < -0.3 is 14.5 Å². The zero-order valence-electron chi connectivity index (χ0n) is 19.4. The van der Waals surface area contributed by atoms with Gasteiger partial charge in [-0.25, -0.2) is 14.1 Å². The van der Waals surface area contributed by atoms with Gasteiger partial charge in [0.2, 0.25) is 5.91 Å². The number of nitrogens with zero attached hydrogens (tertiary/aromatic N) is 6.